The van der Waals surface area contributed by atoms with Crippen LogP contribution in [0.4, 0.5) is 0 Å². The Hall–Kier alpha value is -0.385. The van der Waals surface area contributed by atoms with Crippen molar-refractivity contribution in [3.05, 3.63) is 29.0 Å². The predicted molar refractivity (Wildman–Crippen MR) is 43.5 cm³/mol. The molecule has 1 aromatic heterocycles. The van der Waals surface area contributed by atoms with Crippen LogP contribution in [0.2, 0.25) is 0 Å². The van der Waals surface area contributed by atoms with Gasteiger partial charge >= 0.3 is 7.69 Å². The standard InChI is InChI=1S/C5H4BrN.BH3O2/c6-5-1-3-7-4-2-5;2-1-3/h1-4H;1-3H. The highest BCUT2D eigenvalue weighted by molar-refractivity contribution is 9.10. The van der Waals surface area contributed by atoms with Crippen LogP contribution in [-0.4, -0.2) is 22.7 Å². The van der Waals surface area contributed by atoms with Crippen LogP contribution in [0.5, 0.6) is 0 Å². The van der Waals surface area contributed by atoms with Gasteiger partial charge in [-0.15, -0.1) is 0 Å². The van der Waals surface area contributed by atoms with Gasteiger partial charge in [0.15, 0.2) is 0 Å². The smallest absolute Gasteiger partial charge is 0.430 e. The summed E-state index contributed by atoms with van der Waals surface area (Å²) in [6, 6.07) is 3.78. The van der Waals surface area contributed by atoms with E-state index < -0.39 is 7.69 Å². The van der Waals surface area contributed by atoms with Crippen molar-refractivity contribution in [3.8, 4) is 0 Å². The van der Waals surface area contributed by atoms with E-state index in [1.54, 1.807) is 12.4 Å². The maximum absolute atomic E-state index is 7.12. The lowest BCUT2D eigenvalue weighted by Gasteiger charge is -1.80. The third-order valence-electron chi connectivity index (χ3n) is 0.640. The van der Waals surface area contributed by atoms with Crippen LogP contribution in [0.25, 0.3) is 0 Å². The van der Waals surface area contributed by atoms with Crippen LogP contribution in [0.3, 0.4) is 0 Å². The van der Waals surface area contributed by atoms with Crippen LogP contribution < -0.4 is 0 Å². The Morgan fingerprint density at radius 3 is 1.90 bits per heavy atom. The molecule has 54 valence electrons. The average Bonchev–Trinajstić information content (AvgIpc) is 1.91. The number of hydrogen-bond acceptors (Lipinski definition) is 3. The van der Waals surface area contributed by atoms with Gasteiger partial charge in [0.05, 0.1) is 0 Å². The van der Waals surface area contributed by atoms with E-state index in [4.69, 9.17) is 10.0 Å². The number of rotatable bonds is 0. The molecular formula is C5H7BBrNO2. The molecule has 0 saturated heterocycles. The van der Waals surface area contributed by atoms with Crippen LogP contribution in [-0.2, 0) is 0 Å². The summed E-state index contributed by atoms with van der Waals surface area (Å²) in [6.07, 6.45) is 3.48. The van der Waals surface area contributed by atoms with Crippen molar-refractivity contribution in [2.24, 2.45) is 0 Å². The fourth-order valence-electron chi connectivity index (χ4n) is 0.334. The molecule has 1 heterocycles. The van der Waals surface area contributed by atoms with E-state index in [0.29, 0.717) is 0 Å². The fraction of sp³-hybridized carbons (Fsp3) is 0. The Balaban J connectivity index is 0.000000236. The van der Waals surface area contributed by atoms with Crippen molar-refractivity contribution in [1.82, 2.24) is 4.98 Å². The summed E-state index contributed by atoms with van der Waals surface area (Å²) in [4.78, 5) is 3.82. The zero-order valence-corrected chi connectivity index (χ0v) is 6.82. The summed E-state index contributed by atoms with van der Waals surface area (Å²) in [7, 11) is -0.750. The lowest BCUT2D eigenvalue weighted by Crippen LogP contribution is -1.75. The Labute approximate surface area is 68.2 Å². The Morgan fingerprint density at radius 1 is 1.30 bits per heavy atom. The summed E-state index contributed by atoms with van der Waals surface area (Å²) in [6.45, 7) is 0. The number of halogens is 1. The Kier molecular flexibility index (Phi) is 6.47. The first kappa shape index (κ1) is 9.61. The van der Waals surface area contributed by atoms with Crippen molar-refractivity contribution in [3.63, 3.8) is 0 Å². The van der Waals surface area contributed by atoms with Crippen LogP contribution >= 0.6 is 15.9 Å². The van der Waals surface area contributed by atoms with E-state index in [9.17, 15) is 0 Å². The molecule has 0 saturated carbocycles. The minimum Gasteiger partial charge on any atom is -0.430 e. The Bertz CT molecular complexity index is 161. The fourth-order valence-corrected chi connectivity index (χ4v) is 0.570. The lowest BCUT2D eigenvalue weighted by atomic mass is 10.5. The first-order chi connectivity index (χ1) is 4.81. The number of aromatic nitrogens is 1. The van der Waals surface area contributed by atoms with E-state index in [-0.39, 0.29) is 0 Å². The van der Waals surface area contributed by atoms with E-state index in [1.165, 1.54) is 0 Å². The number of hydrogen-bond donors (Lipinski definition) is 2. The van der Waals surface area contributed by atoms with Crippen molar-refractivity contribution in [2.75, 3.05) is 0 Å². The molecular weight excluding hydrogens is 197 g/mol. The van der Waals surface area contributed by atoms with Crippen molar-refractivity contribution >= 4 is 23.6 Å². The number of pyridine rings is 1. The van der Waals surface area contributed by atoms with E-state index in [2.05, 4.69) is 20.9 Å². The summed E-state index contributed by atoms with van der Waals surface area (Å²) in [5.41, 5.74) is 0. The molecule has 3 nitrogen and oxygen atoms in total. The van der Waals surface area contributed by atoms with Crippen molar-refractivity contribution in [2.45, 2.75) is 0 Å². The molecule has 0 aliphatic rings. The quantitative estimate of drug-likeness (QED) is 0.588. The monoisotopic (exact) mass is 203 g/mol. The summed E-state index contributed by atoms with van der Waals surface area (Å²) in [5, 5.41) is 14.2. The molecule has 1 aromatic rings. The van der Waals surface area contributed by atoms with Gasteiger partial charge in [-0.2, -0.15) is 0 Å². The topological polar surface area (TPSA) is 53.4 Å². The van der Waals surface area contributed by atoms with Gasteiger partial charge in [0.25, 0.3) is 0 Å². The normalized spacial score (nSPS) is 7.50. The van der Waals surface area contributed by atoms with Crippen LogP contribution in [0, 0.1) is 0 Å². The summed E-state index contributed by atoms with van der Waals surface area (Å²) in [5.74, 6) is 0. The molecule has 0 aliphatic carbocycles. The molecule has 0 aromatic carbocycles. The molecule has 0 atom stereocenters. The van der Waals surface area contributed by atoms with Gasteiger partial charge in [-0.05, 0) is 12.1 Å². The maximum atomic E-state index is 7.12. The second-order valence-corrected chi connectivity index (χ2v) is 2.22. The van der Waals surface area contributed by atoms with Gasteiger partial charge in [-0.1, -0.05) is 15.9 Å². The first-order valence-corrected chi connectivity index (χ1v) is 3.37. The van der Waals surface area contributed by atoms with Crippen LogP contribution in [0.1, 0.15) is 0 Å². The van der Waals surface area contributed by atoms with Crippen molar-refractivity contribution < 1.29 is 10.0 Å². The Morgan fingerprint density at radius 2 is 1.70 bits per heavy atom. The molecule has 10 heavy (non-hydrogen) atoms. The zero-order valence-electron chi connectivity index (χ0n) is 5.24. The van der Waals surface area contributed by atoms with Gasteiger partial charge in [0, 0.05) is 16.9 Å². The lowest BCUT2D eigenvalue weighted by molar-refractivity contribution is 0.448. The second kappa shape index (κ2) is 6.73. The largest absolute Gasteiger partial charge is 0.432 e. The average molecular weight is 204 g/mol. The molecule has 5 heteroatoms. The molecule has 2 N–H and O–H groups in total. The highest BCUT2D eigenvalue weighted by atomic mass is 79.9. The molecule has 1 rings (SSSR count). The van der Waals surface area contributed by atoms with Gasteiger partial charge in [0.2, 0.25) is 0 Å². The molecule has 0 unspecified atom stereocenters. The zero-order chi connectivity index (χ0) is 7.82. The maximum Gasteiger partial charge on any atom is 0.432 e. The van der Waals surface area contributed by atoms with Gasteiger partial charge in [0.1, 0.15) is 0 Å². The second-order valence-electron chi connectivity index (χ2n) is 1.31. The minimum atomic E-state index is -0.750. The number of nitrogens with zero attached hydrogens (tertiary/aromatic N) is 1. The molecule has 0 fully saturated rings. The molecule has 0 radical (unpaired) electrons. The van der Waals surface area contributed by atoms with Gasteiger partial charge in [-0.25, -0.2) is 0 Å². The SMILES string of the molecule is Brc1ccncc1.OBO. The summed E-state index contributed by atoms with van der Waals surface area (Å²) < 4.78 is 1.07. The van der Waals surface area contributed by atoms with Gasteiger partial charge in [-0.3, -0.25) is 4.98 Å². The molecule has 0 aliphatic heterocycles. The van der Waals surface area contributed by atoms with E-state index >= 15 is 0 Å². The highest BCUT2D eigenvalue weighted by Gasteiger charge is 1.75. The predicted octanol–water partition coefficient (Wildman–Crippen LogP) is 0.0816. The molecule has 0 amide bonds. The molecule has 0 bridgehead atoms. The highest BCUT2D eigenvalue weighted by Crippen LogP contribution is 2.03. The van der Waals surface area contributed by atoms with Crippen molar-refractivity contribution in [1.29, 1.82) is 0 Å². The van der Waals surface area contributed by atoms with E-state index in [1.807, 2.05) is 12.1 Å². The van der Waals surface area contributed by atoms with Crippen LogP contribution in [0.15, 0.2) is 29.0 Å². The molecule has 0 spiro atoms. The summed E-state index contributed by atoms with van der Waals surface area (Å²) >= 11 is 3.27. The minimum absolute atomic E-state index is 0.750. The first-order valence-electron chi connectivity index (χ1n) is 2.58. The van der Waals surface area contributed by atoms with Gasteiger partial charge < -0.3 is 10.0 Å². The third kappa shape index (κ3) is 5.75. The third-order valence-corrected chi connectivity index (χ3v) is 1.17. The van der Waals surface area contributed by atoms with E-state index in [0.717, 1.165) is 4.47 Å².